The summed E-state index contributed by atoms with van der Waals surface area (Å²) in [6.07, 6.45) is 1.21. The van der Waals surface area contributed by atoms with Crippen molar-refractivity contribution in [1.82, 2.24) is 9.58 Å². The Hall–Kier alpha value is -4.07. The Bertz CT molecular complexity index is 1120. The smallest absolute Gasteiger partial charge is 0.305 e. The van der Waals surface area contributed by atoms with Gasteiger partial charge in [0, 0.05) is 18.8 Å². The third-order valence-corrected chi connectivity index (χ3v) is 5.26. The van der Waals surface area contributed by atoms with Gasteiger partial charge in [0.05, 0.1) is 12.5 Å². The molecule has 0 spiro atoms. The average Bonchev–Trinajstić information content (AvgIpc) is 2.78. The Morgan fingerprint density at radius 1 is 0.935 bits per heavy atom. The second-order valence-corrected chi connectivity index (χ2v) is 7.24. The Balaban J connectivity index is 1.89. The quantitative estimate of drug-likeness (QED) is 0.635. The van der Waals surface area contributed by atoms with E-state index in [1.807, 2.05) is 65.7 Å². The van der Waals surface area contributed by atoms with Crippen LogP contribution in [0.1, 0.15) is 34.1 Å². The fourth-order valence-corrected chi connectivity index (χ4v) is 3.80. The van der Waals surface area contributed by atoms with Crippen molar-refractivity contribution in [3.05, 3.63) is 100.0 Å². The van der Waals surface area contributed by atoms with Crippen LogP contribution in [0.25, 0.3) is 0 Å². The molecule has 0 unspecified atom stereocenters. The maximum Gasteiger partial charge on any atom is 0.305 e. The highest BCUT2D eigenvalue weighted by Gasteiger charge is 2.36. The van der Waals surface area contributed by atoms with Crippen molar-refractivity contribution in [3.63, 3.8) is 0 Å². The fraction of sp³-hybridized carbons (Fsp3) is 0.174. The number of carbonyl (C=O) groups excluding carboxylic acids is 1. The highest BCUT2D eigenvalue weighted by molar-refractivity contribution is 5.96. The van der Waals surface area contributed by atoms with Crippen molar-refractivity contribution < 1.29 is 19.8 Å². The van der Waals surface area contributed by atoms with Crippen molar-refractivity contribution in [2.45, 2.75) is 12.5 Å². The summed E-state index contributed by atoms with van der Waals surface area (Å²) in [5.74, 6) is -2.28. The molecule has 0 atom stereocenters. The van der Waals surface area contributed by atoms with E-state index in [9.17, 15) is 19.5 Å². The first kappa shape index (κ1) is 20.2. The molecule has 3 aromatic rings. The average molecular weight is 419 g/mol. The predicted molar refractivity (Wildman–Crippen MR) is 113 cm³/mol. The summed E-state index contributed by atoms with van der Waals surface area (Å²) in [6, 6.07) is 20.1. The lowest BCUT2D eigenvalue weighted by molar-refractivity contribution is -0.137. The molecule has 4 rings (SSSR count). The Morgan fingerprint density at radius 2 is 1.52 bits per heavy atom. The van der Waals surface area contributed by atoms with Gasteiger partial charge in [-0.3, -0.25) is 24.1 Å². The number of nitrogens with zero attached hydrogens (tertiary/aromatic N) is 3. The molecule has 1 aromatic heterocycles. The lowest BCUT2D eigenvalue weighted by atomic mass is 9.98. The first-order valence-corrected chi connectivity index (χ1v) is 9.80. The standard InChI is InChI=1S/C23H21N3O5/c27-18-11-14-25-21(22(18)30)23(31)24(13-12-19(28)29)15-26(25)20(16-7-3-1-4-8-16)17-9-5-2-6-10-17/h1-11,14,20,30H,12-13,15H2,(H,28,29). The van der Waals surface area contributed by atoms with Crippen LogP contribution in [-0.2, 0) is 4.79 Å². The number of hydrogen-bond donors (Lipinski definition) is 2. The molecule has 31 heavy (non-hydrogen) atoms. The van der Waals surface area contributed by atoms with E-state index in [0.29, 0.717) is 0 Å². The van der Waals surface area contributed by atoms with Crippen molar-refractivity contribution in [3.8, 4) is 5.75 Å². The maximum absolute atomic E-state index is 13.0. The Labute approximate surface area is 178 Å². The molecule has 0 bridgehead atoms. The molecule has 0 radical (unpaired) electrons. The molecule has 2 heterocycles. The van der Waals surface area contributed by atoms with Crippen LogP contribution in [-0.4, -0.2) is 44.9 Å². The number of carboxylic acids is 1. The Kier molecular flexibility index (Phi) is 5.44. The van der Waals surface area contributed by atoms with Gasteiger partial charge in [-0.05, 0) is 11.1 Å². The van der Waals surface area contributed by atoms with Crippen molar-refractivity contribution in [2.75, 3.05) is 18.2 Å². The number of fused-ring (bicyclic) bond motifs is 1. The fourth-order valence-electron chi connectivity index (χ4n) is 3.80. The monoisotopic (exact) mass is 419 g/mol. The zero-order chi connectivity index (χ0) is 22.0. The van der Waals surface area contributed by atoms with Gasteiger partial charge >= 0.3 is 5.97 Å². The molecule has 1 aliphatic rings. The molecule has 2 N–H and O–H groups in total. The van der Waals surface area contributed by atoms with Crippen LogP contribution in [0.4, 0.5) is 0 Å². The lowest BCUT2D eigenvalue weighted by Crippen LogP contribution is -2.55. The zero-order valence-electron chi connectivity index (χ0n) is 16.6. The predicted octanol–water partition coefficient (Wildman–Crippen LogP) is 2.17. The van der Waals surface area contributed by atoms with E-state index in [0.717, 1.165) is 11.1 Å². The Morgan fingerprint density at radius 3 is 2.06 bits per heavy atom. The summed E-state index contributed by atoms with van der Waals surface area (Å²) in [6.45, 7) is 0.0272. The highest BCUT2D eigenvalue weighted by atomic mass is 16.4. The zero-order valence-corrected chi connectivity index (χ0v) is 16.6. The van der Waals surface area contributed by atoms with E-state index in [1.54, 1.807) is 0 Å². The minimum absolute atomic E-state index is 0.0521. The maximum atomic E-state index is 13.0. The topological polar surface area (TPSA) is 103 Å². The molecule has 8 heteroatoms. The largest absolute Gasteiger partial charge is 0.502 e. The normalized spacial score (nSPS) is 13.4. The van der Waals surface area contributed by atoms with Crippen LogP contribution in [0.3, 0.4) is 0 Å². The summed E-state index contributed by atoms with van der Waals surface area (Å²) >= 11 is 0. The van der Waals surface area contributed by atoms with Gasteiger partial charge in [0.15, 0.2) is 11.4 Å². The molecule has 1 amide bonds. The third-order valence-electron chi connectivity index (χ3n) is 5.26. The summed E-state index contributed by atoms with van der Waals surface area (Å²) in [5, 5.41) is 21.4. The number of aromatic nitrogens is 1. The summed E-state index contributed by atoms with van der Waals surface area (Å²) in [4.78, 5) is 37.6. The molecule has 0 saturated carbocycles. The summed E-state index contributed by atoms with van der Waals surface area (Å²) in [7, 11) is 0. The van der Waals surface area contributed by atoms with E-state index in [2.05, 4.69) is 0 Å². The minimum atomic E-state index is -1.04. The van der Waals surface area contributed by atoms with Gasteiger partial charge in [0.25, 0.3) is 5.91 Å². The van der Waals surface area contributed by atoms with Gasteiger partial charge in [-0.1, -0.05) is 60.7 Å². The molecular weight excluding hydrogens is 398 g/mol. The van der Waals surface area contributed by atoms with Crippen LogP contribution in [0.2, 0.25) is 0 Å². The molecule has 2 aromatic carbocycles. The van der Waals surface area contributed by atoms with Crippen molar-refractivity contribution >= 4 is 11.9 Å². The number of carboxylic acid groups (broad SMARTS) is 1. The van der Waals surface area contributed by atoms with E-state index < -0.39 is 23.1 Å². The van der Waals surface area contributed by atoms with Crippen LogP contribution in [0.5, 0.6) is 5.75 Å². The number of aliphatic carboxylic acids is 1. The SMILES string of the molecule is O=C(O)CCN1CN(C(c2ccccc2)c2ccccc2)n2ccc(=O)c(O)c2C1=O. The lowest BCUT2D eigenvalue weighted by Gasteiger charge is -2.43. The first-order valence-electron chi connectivity index (χ1n) is 9.80. The van der Waals surface area contributed by atoms with Gasteiger partial charge in [0.1, 0.15) is 6.67 Å². The number of hydrogen-bond acceptors (Lipinski definition) is 5. The molecule has 158 valence electrons. The number of benzene rings is 2. The van der Waals surface area contributed by atoms with Crippen LogP contribution >= 0.6 is 0 Å². The van der Waals surface area contributed by atoms with E-state index in [1.165, 1.54) is 21.8 Å². The number of carbonyl (C=O) groups is 2. The number of rotatable bonds is 6. The second-order valence-electron chi connectivity index (χ2n) is 7.24. The molecule has 0 fully saturated rings. The van der Waals surface area contributed by atoms with Crippen LogP contribution < -0.4 is 10.4 Å². The van der Waals surface area contributed by atoms with Gasteiger partial charge in [0.2, 0.25) is 5.43 Å². The minimum Gasteiger partial charge on any atom is -0.502 e. The van der Waals surface area contributed by atoms with E-state index >= 15 is 0 Å². The molecule has 1 aliphatic heterocycles. The van der Waals surface area contributed by atoms with Crippen molar-refractivity contribution in [1.29, 1.82) is 0 Å². The number of pyridine rings is 1. The van der Waals surface area contributed by atoms with Gasteiger partial charge < -0.3 is 15.1 Å². The van der Waals surface area contributed by atoms with E-state index in [4.69, 9.17) is 5.11 Å². The summed E-state index contributed by atoms with van der Waals surface area (Å²) in [5.41, 5.74) is 1.02. The molecule has 0 saturated heterocycles. The highest BCUT2D eigenvalue weighted by Crippen LogP contribution is 2.31. The van der Waals surface area contributed by atoms with E-state index in [-0.39, 0.29) is 31.4 Å². The number of amides is 1. The van der Waals surface area contributed by atoms with Gasteiger partial charge in [-0.25, -0.2) is 0 Å². The summed E-state index contributed by atoms with van der Waals surface area (Å²) < 4.78 is 1.49. The van der Waals surface area contributed by atoms with Gasteiger partial charge in [-0.2, -0.15) is 0 Å². The van der Waals surface area contributed by atoms with Crippen LogP contribution in [0.15, 0.2) is 77.7 Å². The molecule has 8 nitrogen and oxygen atoms in total. The van der Waals surface area contributed by atoms with Crippen LogP contribution in [0, 0.1) is 0 Å². The van der Waals surface area contributed by atoms with Crippen molar-refractivity contribution in [2.24, 2.45) is 0 Å². The molecule has 0 aliphatic carbocycles. The number of aromatic hydroxyl groups is 1. The second kappa shape index (κ2) is 8.35. The molecular formula is C23H21N3O5. The third kappa shape index (κ3) is 3.87. The first-order chi connectivity index (χ1) is 15.0. The van der Waals surface area contributed by atoms with Gasteiger partial charge in [-0.15, -0.1) is 0 Å².